The van der Waals surface area contributed by atoms with Crippen molar-refractivity contribution in [2.45, 2.75) is 19.1 Å². The zero-order valence-electron chi connectivity index (χ0n) is 17.4. The first kappa shape index (κ1) is 20.2. The lowest BCUT2D eigenvalue weighted by Crippen LogP contribution is -2.37. The summed E-state index contributed by atoms with van der Waals surface area (Å²) in [6.45, 7) is 2.39. The predicted molar refractivity (Wildman–Crippen MR) is 117 cm³/mol. The molecule has 0 spiro atoms. The second kappa shape index (κ2) is 8.09. The Labute approximate surface area is 184 Å². The molecular weight excluding hydrogens is 411 g/mol. The minimum absolute atomic E-state index is 0.304. The van der Waals surface area contributed by atoms with Gasteiger partial charge in [-0.05, 0) is 49.4 Å². The number of amides is 2. The molecular formula is C25H21FN2O4. The SMILES string of the molecule is CCOc1ccc(N2C(=O)[C@H]3[C@@H](c4ccccc4F)N(c4ccccc4)O[C@H]3C2=O)cc1. The molecule has 3 aromatic rings. The maximum Gasteiger partial charge on any atom is 0.266 e. The van der Waals surface area contributed by atoms with E-state index in [1.807, 2.05) is 25.1 Å². The Balaban J connectivity index is 1.55. The lowest BCUT2D eigenvalue weighted by Gasteiger charge is -2.29. The monoisotopic (exact) mass is 432 g/mol. The molecule has 2 fully saturated rings. The number of fused-ring (bicyclic) bond motifs is 1. The number of carbonyl (C=O) groups is 2. The largest absolute Gasteiger partial charge is 0.494 e. The second-order valence-electron chi connectivity index (χ2n) is 7.62. The van der Waals surface area contributed by atoms with Crippen molar-refractivity contribution >= 4 is 23.2 Å². The smallest absolute Gasteiger partial charge is 0.266 e. The predicted octanol–water partition coefficient (Wildman–Crippen LogP) is 4.28. The van der Waals surface area contributed by atoms with Crippen molar-refractivity contribution in [3.8, 4) is 5.75 Å². The zero-order chi connectivity index (χ0) is 22.2. The van der Waals surface area contributed by atoms with E-state index in [4.69, 9.17) is 9.57 Å². The minimum Gasteiger partial charge on any atom is -0.494 e. The Hall–Kier alpha value is -3.71. The average Bonchev–Trinajstić information content (AvgIpc) is 3.32. The first-order valence-corrected chi connectivity index (χ1v) is 10.5. The van der Waals surface area contributed by atoms with Gasteiger partial charge in [0, 0.05) is 5.56 Å². The van der Waals surface area contributed by atoms with E-state index in [0.717, 1.165) is 4.90 Å². The Morgan fingerprint density at radius 3 is 2.25 bits per heavy atom. The summed E-state index contributed by atoms with van der Waals surface area (Å²) in [7, 11) is 0. The highest BCUT2D eigenvalue weighted by Gasteiger charge is 2.60. The summed E-state index contributed by atoms with van der Waals surface area (Å²) < 4.78 is 20.3. The summed E-state index contributed by atoms with van der Waals surface area (Å²) in [5.41, 5.74) is 1.38. The zero-order valence-corrected chi connectivity index (χ0v) is 17.4. The van der Waals surface area contributed by atoms with Crippen LogP contribution in [0.1, 0.15) is 18.5 Å². The van der Waals surface area contributed by atoms with Gasteiger partial charge >= 0.3 is 0 Å². The summed E-state index contributed by atoms with van der Waals surface area (Å²) in [6, 6.07) is 21.3. The van der Waals surface area contributed by atoms with Crippen LogP contribution >= 0.6 is 0 Å². The summed E-state index contributed by atoms with van der Waals surface area (Å²) >= 11 is 0. The van der Waals surface area contributed by atoms with Gasteiger partial charge in [-0.3, -0.25) is 14.4 Å². The van der Waals surface area contributed by atoms with Crippen molar-refractivity contribution < 1.29 is 23.6 Å². The third-order valence-corrected chi connectivity index (χ3v) is 5.76. The van der Waals surface area contributed by atoms with E-state index in [1.54, 1.807) is 54.6 Å². The molecule has 3 aromatic carbocycles. The molecule has 2 heterocycles. The highest BCUT2D eigenvalue weighted by Crippen LogP contribution is 2.48. The van der Waals surface area contributed by atoms with E-state index < -0.39 is 35.7 Å². The number of benzene rings is 3. The number of para-hydroxylation sites is 1. The van der Waals surface area contributed by atoms with Crippen molar-refractivity contribution in [2.24, 2.45) is 5.92 Å². The van der Waals surface area contributed by atoms with Gasteiger partial charge in [-0.1, -0.05) is 36.4 Å². The number of carbonyl (C=O) groups excluding carboxylic acids is 2. The molecule has 0 aromatic heterocycles. The number of anilines is 2. The quantitative estimate of drug-likeness (QED) is 0.564. The van der Waals surface area contributed by atoms with E-state index in [9.17, 15) is 14.0 Å². The topological polar surface area (TPSA) is 59.1 Å². The fraction of sp³-hybridized carbons (Fsp3) is 0.200. The molecule has 0 bridgehead atoms. The van der Waals surface area contributed by atoms with Crippen LogP contribution in [0.5, 0.6) is 5.75 Å². The average molecular weight is 432 g/mol. The molecule has 3 atom stereocenters. The van der Waals surface area contributed by atoms with Crippen LogP contribution in [-0.2, 0) is 14.4 Å². The van der Waals surface area contributed by atoms with Crippen LogP contribution in [0.15, 0.2) is 78.9 Å². The molecule has 0 N–H and O–H groups in total. The third kappa shape index (κ3) is 3.22. The van der Waals surface area contributed by atoms with Gasteiger partial charge in [0.05, 0.1) is 24.0 Å². The molecule has 2 amide bonds. The molecule has 7 heteroatoms. The van der Waals surface area contributed by atoms with Crippen molar-refractivity contribution in [3.05, 3.63) is 90.2 Å². The van der Waals surface area contributed by atoms with Gasteiger partial charge in [0.25, 0.3) is 5.91 Å². The highest BCUT2D eigenvalue weighted by atomic mass is 19.1. The summed E-state index contributed by atoms with van der Waals surface area (Å²) in [6.07, 6.45) is -1.04. The minimum atomic E-state index is -1.04. The van der Waals surface area contributed by atoms with Gasteiger partial charge in [-0.2, -0.15) is 0 Å². The van der Waals surface area contributed by atoms with Crippen molar-refractivity contribution in [1.82, 2.24) is 0 Å². The van der Waals surface area contributed by atoms with Crippen LogP contribution < -0.4 is 14.7 Å². The Morgan fingerprint density at radius 2 is 1.56 bits per heavy atom. The molecule has 0 unspecified atom stereocenters. The van der Waals surface area contributed by atoms with Gasteiger partial charge in [-0.15, -0.1) is 0 Å². The van der Waals surface area contributed by atoms with Crippen LogP contribution in [0.3, 0.4) is 0 Å². The number of imide groups is 1. The van der Waals surface area contributed by atoms with Crippen LogP contribution in [0, 0.1) is 11.7 Å². The second-order valence-corrected chi connectivity index (χ2v) is 7.62. The Bertz CT molecular complexity index is 1150. The fourth-order valence-corrected chi connectivity index (χ4v) is 4.36. The molecule has 2 aliphatic rings. The Morgan fingerprint density at radius 1 is 0.875 bits per heavy atom. The Kier molecular flexibility index (Phi) is 5.11. The van der Waals surface area contributed by atoms with E-state index in [-0.39, 0.29) is 0 Å². The van der Waals surface area contributed by atoms with Gasteiger partial charge in [-0.25, -0.2) is 14.4 Å². The first-order chi connectivity index (χ1) is 15.6. The molecule has 0 radical (unpaired) electrons. The third-order valence-electron chi connectivity index (χ3n) is 5.76. The van der Waals surface area contributed by atoms with Gasteiger partial charge in [0.2, 0.25) is 5.91 Å². The molecule has 5 rings (SSSR count). The van der Waals surface area contributed by atoms with Crippen LogP contribution in [0.4, 0.5) is 15.8 Å². The number of hydrogen-bond acceptors (Lipinski definition) is 5. The summed E-state index contributed by atoms with van der Waals surface area (Å²) in [5.74, 6) is -1.58. The summed E-state index contributed by atoms with van der Waals surface area (Å²) in [4.78, 5) is 33.9. The fourth-order valence-electron chi connectivity index (χ4n) is 4.36. The molecule has 2 aliphatic heterocycles. The lowest BCUT2D eigenvalue weighted by molar-refractivity contribution is -0.126. The number of hydroxylamine groups is 1. The van der Waals surface area contributed by atoms with E-state index >= 15 is 0 Å². The number of halogens is 1. The molecule has 32 heavy (non-hydrogen) atoms. The maximum atomic E-state index is 14.8. The normalized spacial score (nSPS) is 22.4. The molecule has 6 nitrogen and oxygen atoms in total. The van der Waals surface area contributed by atoms with Crippen LogP contribution in [0.25, 0.3) is 0 Å². The number of hydrogen-bond donors (Lipinski definition) is 0. The molecule has 162 valence electrons. The van der Waals surface area contributed by atoms with Crippen molar-refractivity contribution in [2.75, 3.05) is 16.6 Å². The standard InChI is InChI=1S/C25H21FN2O4/c1-2-31-18-14-12-16(13-15-18)27-24(29)21-22(19-10-6-7-11-20(19)26)28(32-23(21)25(27)30)17-8-4-3-5-9-17/h3-15,21-23H,2H2,1H3/t21-,22+,23+/m0/s1. The van der Waals surface area contributed by atoms with Crippen molar-refractivity contribution in [1.29, 1.82) is 0 Å². The van der Waals surface area contributed by atoms with Gasteiger partial charge < -0.3 is 4.74 Å². The van der Waals surface area contributed by atoms with Crippen molar-refractivity contribution in [3.63, 3.8) is 0 Å². The number of ether oxygens (including phenoxy) is 1. The number of nitrogens with zero attached hydrogens (tertiary/aromatic N) is 2. The molecule has 2 saturated heterocycles. The van der Waals surface area contributed by atoms with Crippen LogP contribution in [0.2, 0.25) is 0 Å². The first-order valence-electron chi connectivity index (χ1n) is 10.5. The van der Waals surface area contributed by atoms with E-state index in [2.05, 4.69) is 0 Å². The maximum absolute atomic E-state index is 14.8. The van der Waals surface area contributed by atoms with E-state index in [0.29, 0.717) is 29.3 Å². The van der Waals surface area contributed by atoms with Crippen LogP contribution in [-0.4, -0.2) is 24.5 Å². The molecule has 0 saturated carbocycles. The van der Waals surface area contributed by atoms with Gasteiger partial charge in [0.15, 0.2) is 6.10 Å². The number of rotatable bonds is 5. The van der Waals surface area contributed by atoms with E-state index in [1.165, 1.54) is 11.1 Å². The highest BCUT2D eigenvalue weighted by molar-refractivity contribution is 6.23. The lowest BCUT2D eigenvalue weighted by atomic mass is 9.90. The summed E-state index contributed by atoms with van der Waals surface area (Å²) in [5, 5.41) is 1.49. The molecule has 0 aliphatic carbocycles. The van der Waals surface area contributed by atoms with Gasteiger partial charge in [0.1, 0.15) is 17.5 Å².